The molecule has 0 aliphatic carbocycles. The van der Waals surface area contributed by atoms with Crippen molar-refractivity contribution in [3.63, 3.8) is 0 Å². The number of pyridine rings is 1. The summed E-state index contributed by atoms with van der Waals surface area (Å²) < 4.78 is 5.93. The number of aromatic nitrogens is 1. The monoisotopic (exact) mass is 331 g/mol. The van der Waals surface area contributed by atoms with E-state index in [0.717, 1.165) is 45.4 Å². The van der Waals surface area contributed by atoms with E-state index in [4.69, 9.17) is 9.57 Å². The number of hydrogen-bond donors (Lipinski definition) is 0. The summed E-state index contributed by atoms with van der Waals surface area (Å²) in [4.78, 5) is 24.9. The minimum absolute atomic E-state index is 0.0377. The maximum absolute atomic E-state index is 12.8. The molecule has 1 aromatic heterocycles. The highest BCUT2D eigenvalue weighted by Gasteiger charge is 2.43. The summed E-state index contributed by atoms with van der Waals surface area (Å²) >= 11 is 0. The van der Waals surface area contributed by atoms with Gasteiger partial charge in [-0.05, 0) is 43.4 Å². The molecule has 130 valence electrons. The molecular formula is C18H25N3O3. The van der Waals surface area contributed by atoms with Gasteiger partial charge in [0.2, 0.25) is 0 Å². The van der Waals surface area contributed by atoms with Gasteiger partial charge >= 0.3 is 0 Å². The Kier molecular flexibility index (Phi) is 4.78. The summed E-state index contributed by atoms with van der Waals surface area (Å²) in [5.41, 5.74) is 1.23. The van der Waals surface area contributed by atoms with E-state index < -0.39 is 0 Å². The van der Waals surface area contributed by atoms with Gasteiger partial charge in [0.25, 0.3) is 5.91 Å². The highest BCUT2D eigenvalue weighted by atomic mass is 16.7. The fourth-order valence-electron chi connectivity index (χ4n) is 4.11. The van der Waals surface area contributed by atoms with Gasteiger partial charge in [0.05, 0.1) is 18.6 Å². The first kappa shape index (κ1) is 16.0. The number of ether oxygens (including phenoxy) is 1. The Bertz CT molecular complexity index is 562. The lowest BCUT2D eigenvalue weighted by Gasteiger charge is -2.41. The average molecular weight is 331 g/mol. The Balaban J connectivity index is 1.47. The molecule has 0 saturated carbocycles. The molecule has 0 N–H and O–H groups in total. The molecule has 0 unspecified atom stereocenters. The van der Waals surface area contributed by atoms with Crippen molar-refractivity contribution in [2.24, 2.45) is 5.92 Å². The second-order valence-electron chi connectivity index (χ2n) is 6.96. The van der Waals surface area contributed by atoms with Crippen LogP contribution in [0.4, 0.5) is 0 Å². The van der Waals surface area contributed by atoms with Crippen molar-refractivity contribution in [3.05, 3.63) is 30.1 Å². The maximum atomic E-state index is 12.8. The summed E-state index contributed by atoms with van der Waals surface area (Å²) in [6, 6.07) is 4.51. The van der Waals surface area contributed by atoms with E-state index in [0.29, 0.717) is 19.2 Å². The van der Waals surface area contributed by atoms with Gasteiger partial charge in [-0.3, -0.25) is 19.5 Å². The molecule has 0 aromatic carbocycles. The molecule has 4 rings (SSSR count). The Morgan fingerprint density at radius 2 is 2.12 bits per heavy atom. The third kappa shape index (κ3) is 3.31. The summed E-state index contributed by atoms with van der Waals surface area (Å²) in [5, 5.41) is 1.59. The Labute approximate surface area is 142 Å². The van der Waals surface area contributed by atoms with Crippen LogP contribution >= 0.6 is 0 Å². The lowest BCUT2D eigenvalue weighted by atomic mass is 9.89. The zero-order valence-electron chi connectivity index (χ0n) is 14.0. The fourth-order valence-corrected chi connectivity index (χ4v) is 4.11. The number of hydrogen-bond acceptors (Lipinski definition) is 5. The molecular weight excluding hydrogens is 306 g/mol. The van der Waals surface area contributed by atoms with Crippen LogP contribution in [-0.2, 0) is 20.9 Å². The average Bonchev–Trinajstić information content (AvgIpc) is 3.11. The van der Waals surface area contributed by atoms with E-state index in [1.807, 2.05) is 24.5 Å². The third-order valence-corrected chi connectivity index (χ3v) is 5.35. The van der Waals surface area contributed by atoms with Crippen LogP contribution in [0.5, 0.6) is 0 Å². The zero-order chi connectivity index (χ0) is 16.4. The molecule has 6 nitrogen and oxygen atoms in total. The van der Waals surface area contributed by atoms with E-state index in [1.165, 1.54) is 5.56 Å². The molecule has 3 saturated heterocycles. The SMILES string of the molecule is O=C([C@@H]1C[C@H]2OCC[C@H]2N(Cc2ccncc2)C1)N1CCCCO1. The first-order valence-electron chi connectivity index (χ1n) is 9.00. The number of nitrogens with zero attached hydrogens (tertiary/aromatic N) is 3. The summed E-state index contributed by atoms with van der Waals surface area (Å²) in [7, 11) is 0. The molecule has 6 heteroatoms. The van der Waals surface area contributed by atoms with E-state index in [1.54, 1.807) is 5.06 Å². The van der Waals surface area contributed by atoms with Crippen LogP contribution in [0.25, 0.3) is 0 Å². The van der Waals surface area contributed by atoms with Crippen molar-refractivity contribution < 1.29 is 14.4 Å². The summed E-state index contributed by atoms with van der Waals surface area (Å²) in [5.74, 6) is 0.0904. The Hall–Kier alpha value is -1.50. The number of likely N-dealkylation sites (tertiary alicyclic amines) is 1. The number of hydroxylamine groups is 2. The molecule has 3 aliphatic rings. The number of carbonyl (C=O) groups excluding carboxylic acids is 1. The van der Waals surface area contributed by atoms with Crippen molar-refractivity contribution in [3.8, 4) is 0 Å². The number of amides is 1. The molecule has 3 fully saturated rings. The van der Waals surface area contributed by atoms with Gasteiger partial charge in [0.1, 0.15) is 0 Å². The molecule has 3 aliphatic heterocycles. The lowest BCUT2D eigenvalue weighted by molar-refractivity contribution is -0.204. The number of piperidine rings is 1. The third-order valence-electron chi connectivity index (χ3n) is 5.35. The second kappa shape index (κ2) is 7.17. The quantitative estimate of drug-likeness (QED) is 0.842. The van der Waals surface area contributed by atoms with Gasteiger partial charge in [0, 0.05) is 44.7 Å². The normalized spacial score (nSPS) is 31.0. The van der Waals surface area contributed by atoms with Gasteiger partial charge in [-0.1, -0.05) is 0 Å². The lowest BCUT2D eigenvalue weighted by Crippen LogP contribution is -2.53. The highest BCUT2D eigenvalue weighted by molar-refractivity contribution is 5.78. The Morgan fingerprint density at radius 1 is 1.25 bits per heavy atom. The molecule has 24 heavy (non-hydrogen) atoms. The first-order chi connectivity index (χ1) is 11.8. The second-order valence-corrected chi connectivity index (χ2v) is 6.96. The van der Waals surface area contributed by atoms with E-state index >= 15 is 0 Å². The fraction of sp³-hybridized carbons (Fsp3) is 0.667. The molecule has 1 amide bonds. The van der Waals surface area contributed by atoms with Gasteiger partial charge < -0.3 is 4.74 Å². The summed E-state index contributed by atoms with van der Waals surface area (Å²) in [6.07, 6.45) is 7.75. The Morgan fingerprint density at radius 3 is 2.92 bits per heavy atom. The standard InChI is InChI=1S/C18H25N3O3/c22-18(21-8-1-2-9-24-21)15-11-17-16(5-10-23-17)20(13-15)12-14-3-6-19-7-4-14/h3-4,6-7,15-17H,1-2,5,8-13H2/t15-,16-,17-/m1/s1. The van der Waals surface area contributed by atoms with Crippen molar-refractivity contribution in [2.75, 3.05) is 26.3 Å². The molecule has 1 aromatic rings. The van der Waals surface area contributed by atoms with Crippen LogP contribution in [0.1, 0.15) is 31.2 Å². The van der Waals surface area contributed by atoms with Crippen molar-refractivity contribution >= 4 is 5.91 Å². The van der Waals surface area contributed by atoms with Crippen LogP contribution in [0.15, 0.2) is 24.5 Å². The van der Waals surface area contributed by atoms with E-state index in [9.17, 15) is 4.79 Å². The molecule has 0 spiro atoms. The number of rotatable bonds is 3. The van der Waals surface area contributed by atoms with Crippen molar-refractivity contribution in [1.29, 1.82) is 0 Å². The zero-order valence-corrected chi connectivity index (χ0v) is 14.0. The smallest absolute Gasteiger partial charge is 0.250 e. The number of fused-ring (bicyclic) bond motifs is 1. The first-order valence-corrected chi connectivity index (χ1v) is 9.00. The van der Waals surface area contributed by atoms with Crippen LogP contribution in [-0.4, -0.2) is 59.3 Å². The van der Waals surface area contributed by atoms with Crippen LogP contribution in [0, 0.1) is 5.92 Å². The van der Waals surface area contributed by atoms with Crippen LogP contribution in [0.3, 0.4) is 0 Å². The predicted molar refractivity (Wildman–Crippen MR) is 87.8 cm³/mol. The largest absolute Gasteiger partial charge is 0.377 e. The maximum Gasteiger partial charge on any atom is 0.250 e. The molecule has 4 heterocycles. The van der Waals surface area contributed by atoms with Crippen LogP contribution in [0.2, 0.25) is 0 Å². The minimum Gasteiger partial charge on any atom is -0.377 e. The molecule has 3 atom stereocenters. The van der Waals surface area contributed by atoms with Gasteiger partial charge in [0.15, 0.2) is 0 Å². The minimum atomic E-state index is -0.0377. The predicted octanol–water partition coefficient (Wildman–Crippen LogP) is 1.61. The molecule has 0 radical (unpaired) electrons. The van der Waals surface area contributed by atoms with Gasteiger partial charge in [-0.15, -0.1) is 0 Å². The topological polar surface area (TPSA) is 54.9 Å². The van der Waals surface area contributed by atoms with Crippen molar-refractivity contribution in [2.45, 2.75) is 44.4 Å². The van der Waals surface area contributed by atoms with E-state index in [2.05, 4.69) is 9.88 Å². The van der Waals surface area contributed by atoms with Crippen molar-refractivity contribution in [1.82, 2.24) is 14.9 Å². The summed E-state index contributed by atoms with van der Waals surface area (Å²) in [6.45, 7) is 3.79. The van der Waals surface area contributed by atoms with E-state index in [-0.39, 0.29) is 17.9 Å². The highest BCUT2D eigenvalue weighted by Crippen LogP contribution is 2.33. The van der Waals surface area contributed by atoms with Gasteiger partial charge in [-0.2, -0.15) is 0 Å². The number of carbonyl (C=O) groups is 1. The molecule has 0 bridgehead atoms. The van der Waals surface area contributed by atoms with Gasteiger partial charge in [-0.25, -0.2) is 5.06 Å². The van der Waals surface area contributed by atoms with Crippen LogP contribution < -0.4 is 0 Å².